The molecule has 0 radical (unpaired) electrons. The largest absolute Gasteiger partial charge is 0.324 e. The summed E-state index contributed by atoms with van der Waals surface area (Å²) in [5.74, 6) is 0.103. The van der Waals surface area contributed by atoms with Gasteiger partial charge in [-0.15, -0.1) is 11.8 Å². The van der Waals surface area contributed by atoms with Gasteiger partial charge in [-0.2, -0.15) is 0 Å². The van der Waals surface area contributed by atoms with Crippen molar-refractivity contribution < 1.29 is 4.79 Å². The molecule has 0 bridgehead atoms. The maximum atomic E-state index is 11.8. The van der Waals surface area contributed by atoms with Crippen LogP contribution in [0, 0.1) is 0 Å². The lowest BCUT2D eigenvalue weighted by Crippen LogP contribution is -2.31. The number of amides is 1. The lowest BCUT2D eigenvalue weighted by Gasteiger charge is -2.24. The van der Waals surface area contributed by atoms with Gasteiger partial charge in [0, 0.05) is 9.37 Å². The van der Waals surface area contributed by atoms with E-state index in [1.54, 1.807) is 11.8 Å². The van der Waals surface area contributed by atoms with Crippen LogP contribution in [0.25, 0.3) is 0 Å². The van der Waals surface area contributed by atoms with Crippen LogP contribution in [0.3, 0.4) is 0 Å². The van der Waals surface area contributed by atoms with Crippen molar-refractivity contribution in [3.63, 3.8) is 0 Å². The molecule has 1 amide bonds. The monoisotopic (exact) mass is 300 g/mol. The predicted molar refractivity (Wildman–Crippen MR) is 71.0 cm³/mol. The van der Waals surface area contributed by atoms with E-state index in [-0.39, 0.29) is 11.2 Å². The van der Waals surface area contributed by atoms with Gasteiger partial charge in [0.2, 0.25) is 5.91 Å². The molecule has 2 N–H and O–H groups in total. The Labute approximate surface area is 108 Å². The summed E-state index contributed by atoms with van der Waals surface area (Å²) < 4.78 is 0.987. The van der Waals surface area contributed by atoms with Crippen molar-refractivity contribution in [2.45, 2.75) is 16.6 Å². The molecule has 86 valence electrons. The molecule has 5 heteroatoms. The van der Waals surface area contributed by atoms with Crippen molar-refractivity contribution in [1.82, 2.24) is 5.32 Å². The average Bonchev–Trinajstić information content (AvgIpc) is 2.26. The molecule has 0 saturated carbocycles. The van der Waals surface area contributed by atoms with Crippen molar-refractivity contribution in [2.75, 3.05) is 18.9 Å². The zero-order chi connectivity index (χ0) is 11.5. The molecule has 1 aliphatic rings. The minimum atomic E-state index is 0.0149. The van der Waals surface area contributed by atoms with Crippen LogP contribution in [0.2, 0.25) is 0 Å². The minimum absolute atomic E-state index is 0.0149. The van der Waals surface area contributed by atoms with Gasteiger partial charge < -0.3 is 10.6 Å². The average molecular weight is 301 g/mol. The highest BCUT2D eigenvalue weighted by atomic mass is 79.9. The molecule has 0 aliphatic carbocycles. The molecular formula is C11H13BrN2OS. The summed E-state index contributed by atoms with van der Waals surface area (Å²) >= 11 is 5.04. The number of nitrogens with one attached hydrogen (secondary N) is 2. The summed E-state index contributed by atoms with van der Waals surface area (Å²) in [5, 5.41) is 6.02. The molecule has 1 heterocycles. The van der Waals surface area contributed by atoms with E-state index in [2.05, 4.69) is 26.6 Å². The molecule has 0 spiro atoms. The molecular weight excluding hydrogens is 288 g/mol. The molecule has 0 saturated heterocycles. The number of benzene rings is 1. The third-order valence-corrected chi connectivity index (χ3v) is 4.26. The summed E-state index contributed by atoms with van der Waals surface area (Å²) in [6, 6.07) is 5.98. The predicted octanol–water partition coefficient (Wildman–Crippen LogP) is 2.47. The highest BCUT2D eigenvalue weighted by Crippen LogP contribution is 2.38. The number of hydrogen-bond donors (Lipinski definition) is 2. The number of carbonyl (C=O) groups excluding carboxylic acids is 1. The first-order valence-electron chi connectivity index (χ1n) is 5.12. The van der Waals surface area contributed by atoms with E-state index >= 15 is 0 Å². The maximum absolute atomic E-state index is 11.8. The van der Waals surface area contributed by atoms with Crippen molar-refractivity contribution in [3.05, 3.63) is 22.7 Å². The lowest BCUT2D eigenvalue weighted by molar-refractivity contribution is -0.115. The molecule has 1 aromatic carbocycles. The first-order chi connectivity index (χ1) is 7.70. The maximum Gasteiger partial charge on any atom is 0.237 e. The van der Waals surface area contributed by atoms with Gasteiger partial charge in [0.05, 0.1) is 10.9 Å². The van der Waals surface area contributed by atoms with Crippen LogP contribution in [0.15, 0.2) is 27.6 Å². The van der Waals surface area contributed by atoms with E-state index in [9.17, 15) is 4.79 Å². The highest BCUT2D eigenvalue weighted by molar-refractivity contribution is 9.10. The fraction of sp³-hybridized carbons (Fsp3) is 0.364. The van der Waals surface area contributed by atoms with Gasteiger partial charge in [-0.25, -0.2) is 0 Å². The quantitative estimate of drug-likeness (QED) is 0.901. The van der Waals surface area contributed by atoms with Gasteiger partial charge in [0.15, 0.2) is 0 Å². The third-order valence-electron chi connectivity index (χ3n) is 2.42. The standard InChI is InChI=1S/C11H13BrN2OS/c1-13-5-4-10-11(15)14-8-6-7(12)2-3-9(8)16-10/h2-3,6,10,13H,4-5H2,1H3,(H,14,15). The smallest absolute Gasteiger partial charge is 0.237 e. The fourth-order valence-electron chi connectivity index (χ4n) is 1.59. The third kappa shape index (κ3) is 2.59. The topological polar surface area (TPSA) is 41.1 Å². The first-order valence-corrected chi connectivity index (χ1v) is 6.79. The Morgan fingerprint density at radius 2 is 2.38 bits per heavy atom. The summed E-state index contributed by atoms with van der Waals surface area (Å²) in [4.78, 5) is 12.9. The first kappa shape index (κ1) is 12.0. The second-order valence-corrected chi connectivity index (χ2v) is 5.79. The van der Waals surface area contributed by atoms with Crippen molar-refractivity contribution in [2.24, 2.45) is 0 Å². The number of halogens is 1. The van der Waals surface area contributed by atoms with Gasteiger partial charge in [-0.05, 0) is 38.2 Å². The van der Waals surface area contributed by atoms with E-state index in [4.69, 9.17) is 0 Å². The molecule has 1 aliphatic heterocycles. The molecule has 3 nitrogen and oxygen atoms in total. The number of fused-ring (bicyclic) bond motifs is 1. The van der Waals surface area contributed by atoms with Crippen LogP contribution in [-0.4, -0.2) is 24.7 Å². The second kappa shape index (κ2) is 5.21. The number of hydrogen-bond acceptors (Lipinski definition) is 3. The SMILES string of the molecule is CNCCC1Sc2ccc(Br)cc2NC1=O. The Hall–Kier alpha value is -0.520. The summed E-state index contributed by atoms with van der Waals surface area (Å²) in [6.45, 7) is 0.858. The Balaban J connectivity index is 2.15. The van der Waals surface area contributed by atoms with Gasteiger partial charge in [-0.1, -0.05) is 15.9 Å². The van der Waals surface area contributed by atoms with Gasteiger partial charge >= 0.3 is 0 Å². The van der Waals surface area contributed by atoms with Crippen LogP contribution in [0.4, 0.5) is 5.69 Å². The number of carbonyl (C=O) groups is 1. The highest BCUT2D eigenvalue weighted by Gasteiger charge is 2.26. The Bertz CT molecular complexity index is 411. The summed E-state index contributed by atoms with van der Waals surface area (Å²) in [6.07, 6.45) is 0.850. The normalized spacial score (nSPS) is 19.1. The van der Waals surface area contributed by atoms with Crippen molar-refractivity contribution >= 4 is 39.3 Å². The minimum Gasteiger partial charge on any atom is -0.324 e. The van der Waals surface area contributed by atoms with E-state index in [0.29, 0.717) is 0 Å². The molecule has 0 fully saturated rings. The van der Waals surface area contributed by atoms with Gasteiger partial charge in [0.1, 0.15) is 0 Å². The summed E-state index contributed by atoms with van der Waals surface area (Å²) in [7, 11) is 1.90. The zero-order valence-corrected chi connectivity index (χ0v) is 11.3. The molecule has 2 rings (SSSR count). The zero-order valence-electron chi connectivity index (χ0n) is 8.92. The van der Waals surface area contributed by atoms with E-state index in [1.165, 1.54) is 0 Å². The molecule has 1 atom stereocenters. The van der Waals surface area contributed by atoms with E-state index in [0.717, 1.165) is 28.0 Å². The Morgan fingerprint density at radius 1 is 1.56 bits per heavy atom. The Morgan fingerprint density at radius 3 is 3.12 bits per heavy atom. The Kier molecular flexibility index (Phi) is 3.89. The van der Waals surface area contributed by atoms with Gasteiger partial charge in [0.25, 0.3) is 0 Å². The number of anilines is 1. The summed E-state index contributed by atoms with van der Waals surface area (Å²) in [5.41, 5.74) is 0.907. The lowest BCUT2D eigenvalue weighted by atomic mass is 10.2. The van der Waals surface area contributed by atoms with Crippen LogP contribution in [0.5, 0.6) is 0 Å². The molecule has 1 aromatic rings. The molecule has 1 unspecified atom stereocenters. The number of thioether (sulfide) groups is 1. The molecule has 0 aromatic heterocycles. The number of rotatable bonds is 3. The van der Waals surface area contributed by atoms with E-state index < -0.39 is 0 Å². The van der Waals surface area contributed by atoms with Crippen LogP contribution < -0.4 is 10.6 Å². The second-order valence-electron chi connectivity index (χ2n) is 3.63. The van der Waals surface area contributed by atoms with Crippen molar-refractivity contribution in [1.29, 1.82) is 0 Å². The van der Waals surface area contributed by atoms with Gasteiger partial charge in [-0.3, -0.25) is 4.79 Å². The van der Waals surface area contributed by atoms with Crippen LogP contribution in [-0.2, 0) is 4.79 Å². The fourth-order valence-corrected chi connectivity index (χ4v) is 3.04. The van der Waals surface area contributed by atoms with E-state index in [1.807, 2.05) is 25.2 Å². The van der Waals surface area contributed by atoms with Crippen molar-refractivity contribution in [3.8, 4) is 0 Å². The van der Waals surface area contributed by atoms with Crippen LogP contribution >= 0.6 is 27.7 Å². The molecule has 16 heavy (non-hydrogen) atoms. The van der Waals surface area contributed by atoms with Crippen LogP contribution in [0.1, 0.15) is 6.42 Å².